The third kappa shape index (κ3) is 4.11. The molecule has 18 heavy (non-hydrogen) atoms. The van der Waals surface area contributed by atoms with Crippen molar-refractivity contribution in [1.82, 2.24) is 0 Å². The average molecular weight is 252 g/mol. The van der Waals surface area contributed by atoms with E-state index in [1.807, 2.05) is 6.92 Å². The first-order valence-electron chi connectivity index (χ1n) is 6.15. The quantitative estimate of drug-likeness (QED) is 0.604. The maximum absolute atomic E-state index is 13.9. The van der Waals surface area contributed by atoms with Gasteiger partial charge >= 0.3 is 0 Å². The van der Waals surface area contributed by atoms with E-state index < -0.39 is 5.82 Å². The Morgan fingerprint density at radius 3 is 2.61 bits per heavy atom. The van der Waals surface area contributed by atoms with Gasteiger partial charge in [0, 0.05) is 5.56 Å². The van der Waals surface area contributed by atoms with Gasteiger partial charge in [0.1, 0.15) is 11.7 Å². The van der Waals surface area contributed by atoms with E-state index >= 15 is 0 Å². The lowest BCUT2D eigenvalue weighted by Crippen LogP contribution is -2.16. The lowest BCUT2D eigenvalue weighted by Gasteiger charge is -2.16. The summed E-state index contributed by atoms with van der Waals surface area (Å²) in [6.07, 6.45) is 1.03. The topological polar surface area (TPSA) is 59.1 Å². The predicted octanol–water partition coefficient (Wildman–Crippen LogP) is 3.06. The molecule has 0 aliphatic heterocycles. The summed E-state index contributed by atoms with van der Waals surface area (Å²) >= 11 is 0. The first-order valence-corrected chi connectivity index (χ1v) is 6.15. The predicted molar refractivity (Wildman–Crippen MR) is 71.1 cm³/mol. The Morgan fingerprint density at radius 1 is 1.39 bits per heavy atom. The highest BCUT2D eigenvalue weighted by molar-refractivity contribution is 5.95. The zero-order valence-corrected chi connectivity index (χ0v) is 11.2. The molecule has 0 aliphatic carbocycles. The van der Waals surface area contributed by atoms with Crippen molar-refractivity contribution >= 4 is 5.84 Å². The van der Waals surface area contributed by atoms with Gasteiger partial charge in [-0.05, 0) is 25.3 Å². The zero-order chi connectivity index (χ0) is 13.7. The highest BCUT2D eigenvalue weighted by atomic mass is 19.1. The van der Waals surface area contributed by atoms with Crippen molar-refractivity contribution in [2.45, 2.75) is 39.9 Å². The molecular weight excluding hydrogens is 231 g/mol. The second-order valence-corrected chi connectivity index (χ2v) is 4.94. The molecule has 1 atom stereocenters. The molecule has 0 radical (unpaired) electrons. The van der Waals surface area contributed by atoms with E-state index in [9.17, 15) is 4.39 Å². The Kier molecular flexibility index (Phi) is 5.28. The average Bonchev–Trinajstić information content (AvgIpc) is 2.26. The van der Waals surface area contributed by atoms with Gasteiger partial charge in [0.05, 0.1) is 18.3 Å². The highest BCUT2D eigenvalue weighted by Gasteiger charge is 2.12. The van der Waals surface area contributed by atoms with Gasteiger partial charge in [0.2, 0.25) is 0 Å². The molecule has 0 saturated heterocycles. The molecule has 3 nitrogen and oxygen atoms in total. The van der Waals surface area contributed by atoms with Crippen molar-refractivity contribution in [3.63, 3.8) is 0 Å². The molecule has 0 fully saturated rings. The van der Waals surface area contributed by atoms with Gasteiger partial charge in [-0.15, -0.1) is 0 Å². The number of nitrogen functional groups attached to an aromatic ring is 1. The molecule has 3 N–H and O–H groups in total. The Balaban J connectivity index is 2.68. The molecule has 1 aromatic carbocycles. The van der Waals surface area contributed by atoms with Gasteiger partial charge in [0.25, 0.3) is 0 Å². The van der Waals surface area contributed by atoms with Crippen molar-refractivity contribution in [2.24, 2.45) is 11.7 Å². The van der Waals surface area contributed by atoms with E-state index in [-0.39, 0.29) is 24.1 Å². The lowest BCUT2D eigenvalue weighted by molar-refractivity contribution is 0.0382. The molecular formula is C14H21FN2O. The number of benzene rings is 1. The standard InChI is InChI=1S/C14H21FN2O/c1-9(2)7-10(3)18-8-11-5-4-6-12(13(11)15)14(16)17/h4-6,9-10H,7-8H2,1-3H3,(H3,16,17). The lowest BCUT2D eigenvalue weighted by atomic mass is 10.1. The maximum atomic E-state index is 13.9. The fraction of sp³-hybridized carbons (Fsp3) is 0.500. The minimum Gasteiger partial charge on any atom is -0.384 e. The summed E-state index contributed by atoms with van der Waals surface area (Å²) in [6.45, 7) is 6.43. The Bertz CT molecular complexity index is 418. The number of amidine groups is 1. The van der Waals surface area contributed by atoms with E-state index in [0.717, 1.165) is 6.42 Å². The molecule has 0 bridgehead atoms. The van der Waals surface area contributed by atoms with Crippen LogP contribution in [-0.4, -0.2) is 11.9 Å². The van der Waals surface area contributed by atoms with E-state index in [1.165, 1.54) is 6.07 Å². The molecule has 0 amide bonds. The fourth-order valence-corrected chi connectivity index (χ4v) is 1.86. The number of rotatable bonds is 6. The third-order valence-electron chi connectivity index (χ3n) is 2.70. The summed E-state index contributed by atoms with van der Waals surface area (Å²) in [4.78, 5) is 0. The van der Waals surface area contributed by atoms with E-state index in [0.29, 0.717) is 11.5 Å². The smallest absolute Gasteiger partial charge is 0.139 e. The molecule has 0 heterocycles. The van der Waals surface area contributed by atoms with Gasteiger partial charge in [-0.1, -0.05) is 26.0 Å². The highest BCUT2D eigenvalue weighted by Crippen LogP contribution is 2.16. The van der Waals surface area contributed by atoms with Gasteiger partial charge in [0.15, 0.2) is 0 Å². The van der Waals surface area contributed by atoms with Crippen molar-refractivity contribution in [3.8, 4) is 0 Å². The largest absolute Gasteiger partial charge is 0.384 e. The van der Waals surface area contributed by atoms with Crippen LogP contribution < -0.4 is 5.73 Å². The SMILES string of the molecule is CC(C)CC(C)OCc1cccc(C(=N)N)c1F. The van der Waals surface area contributed by atoms with Gasteiger partial charge in [-0.3, -0.25) is 5.41 Å². The number of nitrogens with two attached hydrogens (primary N) is 1. The fourth-order valence-electron chi connectivity index (χ4n) is 1.86. The molecule has 0 spiro atoms. The van der Waals surface area contributed by atoms with Crippen LogP contribution in [0.2, 0.25) is 0 Å². The molecule has 1 unspecified atom stereocenters. The maximum Gasteiger partial charge on any atom is 0.139 e. The van der Waals surface area contributed by atoms with Gasteiger partial charge < -0.3 is 10.5 Å². The van der Waals surface area contributed by atoms with Crippen LogP contribution in [0.3, 0.4) is 0 Å². The number of hydrogen-bond acceptors (Lipinski definition) is 2. The normalized spacial score (nSPS) is 12.7. The van der Waals surface area contributed by atoms with E-state index in [4.69, 9.17) is 15.9 Å². The van der Waals surface area contributed by atoms with Crippen LogP contribution in [0.15, 0.2) is 18.2 Å². The molecule has 1 aromatic rings. The van der Waals surface area contributed by atoms with Crippen LogP contribution in [0, 0.1) is 17.1 Å². The minimum atomic E-state index is -0.457. The van der Waals surface area contributed by atoms with Crippen LogP contribution >= 0.6 is 0 Å². The van der Waals surface area contributed by atoms with Gasteiger partial charge in [-0.2, -0.15) is 0 Å². The van der Waals surface area contributed by atoms with Crippen molar-refractivity contribution in [3.05, 3.63) is 35.1 Å². The van der Waals surface area contributed by atoms with E-state index in [1.54, 1.807) is 12.1 Å². The monoisotopic (exact) mass is 252 g/mol. The second-order valence-electron chi connectivity index (χ2n) is 4.94. The van der Waals surface area contributed by atoms with Crippen molar-refractivity contribution in [2.75, 3.05) is 0 Å². The summed E-state index contributed by atoms with van der Waals surface area (Å²) in [7, 11) is 0. The number of nitrogens with one attached hydrogen (secondary N) is 1. The number of ether oxygens (including phenoxy) is 1. The molecule has 0 saturated carbocycles. The van der Waals surface area contributed by atoms with Crippen molar-refractivity contribution < 1.29 is 9.13 Å². The summed E-state index contributed by atoms with van der Waals surface area (Å²) in [6, 6.07) is 4.84. The van der Waals surface area contributed by atoms with E-state index in [2.05, 4.69) is 13.8 Å². The summed E-state index contributed by atoms with van der Waals surface area (Å²) in [5.74, 6) is -0.167. The summed E-state index contributed by atoms with van der Waals surface area (Å²) in [5, 5.41) is 7.28. The van der Waals surface area contributed by atoms with Crippen molar-refractivity contribution in [1.29, 1.82) is 5.41 Å². The summed E-state index contributed by atoms with van der Waals surface area (Å²) in [5.41, 5.74) is 5.88. The van der Waals surface area contributed by atoms with Crippen LogP contribution in [-0.2, 0) is 11.3 Å². The van der Waals surface area contributed by atoms with Crippen LogP contribution in [0.4, 0.5) is 4.39 Å². The van der Waals surface area contributed by atoms with Crippen LogP contribution in [0.25, 0.3) is 0 Å². The third-order valence-corrected chi connectivity index (χ3v) is 2.70. The molecule has 1 rings (SSSR count). The molecule has 4 heteroatoms. The molecule has 0 aromatic heterocycles. The second kappa shape index (κ2) is 6.50. The molecule has 0 aliphatic rings. The summed E-state index contributed by atoms with van der Waals surface area (Å²) < 4.78 is 19.5. The first kappa shape index (κ1) is 14.6. The Labute approximate surface area is 108 Å². The Morgan fingerprint density at radius 2 is 2.06 bits per heavy atom. The van der Waals surface area contributed by atoms with Crippen LogP contribution in [0.1, 0.15) is 38.3 Å². The zero-order valence-electron chi connectivity index (χ0n) is 11.2. The van der Waals surface area contributed by atoms with Crippen LogP contribution in [0.5, 0.6) is 0 Å². The first-order chi connectivity index (χ1) is 8.41. The number of hydrogen-bond donors (Lipinski definition) is 2. The molecule has 100 valence electrons. The number of halogens is 1. The Hall–Kier alpha value is -1.42. The van der Waals surface area contributed by atoms with Gasteiger partial charge in [-0.25, -0.2) is 4.39 Å². The minimum absolute atomic E-state index is 0.0883.